The Labute approximate surface area is 248 Å². The highest BCUT2D eigenvalue weighted by Crippen LogP contribution is 2.31. The number of carbonyl (C=O) groups is 1. The highest BCUT2D eigenvalue weighted by Gasteiger charge is 2.26. The van der Waals surface area contributed by atoms with Crippen LogP contribution in [0.5, 0.6) is 0 Å². The van der Waals surface area contributed by atoms with E-state index in [1.54, 1.807) is 30.0 Å². The molecule has 1 aromatic carbocycles. The second-order valence-corrected chi connectivity index (χ2v) is 11.4. The number of nitrogens with one attached hydrogen (secondary N) is 2. The van der Waals surface area contributed by atoms with Gasteiger partial charge in [-0.1, -0.05) is 29.6 Å². The first-order chi connectivity index (χ1) is 19.7. The van der Waals surface area contributed by atoms with Crippen LogP contribution < -0.4 is 20.5 Å². The van der Waals surface area contributed by atoms with Gasteiger partial charge in [-0.05, 0) is 69.5 Å². The first-order valence-corrected chi connectivity index (χ1v) is 15.1. The van der Waals surface area contributed by atoms with Crippen molar-refractivity contribution in [1.29, 1.82) is 0 Å². The van der Waals surface area contributed by atoms with Crippen molar-refractivity contribution in [3.63, 3.8) is 0 Å². The molecule has 4 heterocycles. The van der Waals surface area contributed by atoms with Crippen LogP contribution in [0.3, 0.4) is 0 Å². The van der Waals surface area contributed by atoms with Crippen LogP contribution >= 0.6 is 23.5 Å². The normalized spacial score (nSPS) is 14.7. The smallest absolute Gasteiger partial charge is 0.281 e. The summed E-state index contributed by atoms with van der Waals surface area (Å²) in [5.74, 6) is 0.615. The summed E-state index contributed by atoms with van der Waals surface area (Å²) in [6.45, 7) is 7.39. The van der Waals surface area contributed by atoms with E-state index in [9.17, 15) is 9.59 Å². The number of nitrogens with zero attached hydrogens (tertiary/aromatic N) is 6. The van der Waals surface area contributed by atoms with Crippen molar-refractivity contribution in [1.82, 2.24) is 29.5 Å². The van der Waals surface area contributed by atoms with Gasteiger partial charge in [0, 0.05) is 37.9 Å². The fourth-order valence-corrected chi connectivity index (χ4v) is 5.76. The summed E-state index contributed by atoms with van der Waals surface area (Å²) in [4.78, 5) is 37.8. The Balaban J connectivity index is 1.48. The number of pyridine rings is 1. The third-order valence-electron chi connectivity index (χ3n) is 7.45. The average Bonchev–Trinajstić information content (AvgIpc) is 2.96. The Morgan fingerprint density at radius 2 is 1.85 bits per heavy atom. The van der Waals surface area contributed by atoms with E-state index in [-0.39, 0.29) is 28.4 Å². The van der Waals surface area contributed by atoms with Crippen molar-refractivity contribution in [2.75, 3.05) is 29.6 Å². The number of hydrogen-bond acceptors (Lipinski definition) is 9. The summed E-state index contributed by atoms with van der Waals surface area (Å²) in [5.41, 5.74) is 4.99. The van der Waals surface area contributed by atoms with Crippen LogP contribution in [0.1, 0.15) is 64.7 Å². The molecule has 1 saturated heterocycles. The highest BCUT2D eigenvalue weighted by atomic mass is 35.5. The van der Waals surface area contributed by atoms with E-state index in [1.807, 2.05) is 39.0 Å². The summed E-state index contributed by atoms with van der Waals surface area (Å²) in [7, 11) is 1.78. The Bertz CT molecular complexity index is 1650. The van der Waals surface area contributed by atoms with Gasteiger partial charge < -0.3 is 10.2 Å². The molecule has 0 radical (unpaired) electrons. The second kappa shape index (κ2) is 12.0. The van der Waals surface area contributed by atoms with Crippen LogP contribution in [0, 0.1) is 13.8 Å². The SMILES string of the molecule is CSNC(=O)c1nc(Cl)ccc1NC(C)c1cc(C)cc2c(=O)n(C)c(N3CCC(c4ccc(C)nn4)CC3)nc12. The summed E-state index contributed by atoms with van der Waals surface area (Å²) < 4.78 is 4.34. The van der Waals surface area contributed by atoms with E-state index >= 15 is 0 Å². The number of aromatic nitrogens is 5. The number of hydrogen-bond donors (Lipinski definition) is 2. The van der Waals surface area contributed by atoms with Crippen LogP contribution in [-0.4, -0.2) is 50.0 Å². The molecule has 10 nitrogen and oxygen atoms in total. The van der Waals surface area contributed by atoms with Crippen molar-refractivity contribution in [2.24, 2.45) is 7.05 Å². The van der Waals surface area contributed by atoms with Gasteiger partial charge in [-0.15, -0.1) is 0 Å². The molecule has 1 aliphatic heterocycles. The number of rotatable bonds is 7. The second-order valence-electron chi connectivity index (χ2n) is 10.4. The molecule has 12 heteroatoms. The molecule has 0 bridgehead atoms. The maximum atomic E-state index is 13.6. The number of piperidine rings is 1. The zero-order valence-electron chi connectivity index (χ0n) is 23.7. The van der Waals surface area contributed by atoms with Crippen molar-refractivity contribution < 1.29 is 4.79 Å². The lowest BCUT2D eigenvalue weighted by Crippen LogP contribution is -2.38. The van der Waals surface area contributed by atoms with E-state index in [2.05, 4.69) is 36.2 Å². The minimum absolute atomic E-state index is 0.0955. The average molecular weight is 593 g/mol. The van der Waals surface area contributed by atoms with Gasteiger partial charge in [0.15, 0.2) is 5.69 Å². The molecule has 1 amide bonds. The predicted octanol–water partition coefficient (Wildman–Crippen LogP) is 4.95. The highest BCUT2D eigenvalue weighted by molar-refractivity contribution is 7.97. The van der Waals surface area contributed by atoms with Gasteiger partial charge in [-0.3, -0.25) is 18.9 Å². The molecule has 0 saturated carbocycles. The van der Waals surface area contributed by atoms with Crippen molar-refractivity contribution in [3.05, 3.63) is 80.1 Å². The van der Waals surface area contributed by atoms with Crippen LogP contribution in [0.15, 0.2) is 41.2 Å². The van der Waals surface area contributed by atoms with E-state index in [1.165, 1.54) is 11.9 Å². The van der Waals surface area contributed by atoms with E-state index in [4.69, 9.17) is 16.6 Å². The predicted molar refractivity (Wildman–Crippen MR) is 165 cm³/mol. The molecule has 1 fully saturated rings. The number of benzene rings is 1. The van der Waals surface area contributed by atoms with E-state index < -0.39 is 0 Å². The van der Waals surface area contributed by atoms with Gasteiger partial charge in [0.05, 0.1) is 34.0 Å². The lowest BCUT2D eigenvalue weighted by Gasteiger charge is -2.33. The topological polar surface area (TPSA) is 118 Å². The van der Waals surface area contributed by atoms with Crippen molar-refractivity contribution >= 4 is 52.0 Å². The fraction of sp³-hybridized carbons (Fsp3) is 0.379. The Kier molecular flexibility index (Phi) is 8.46. The van der Waals surface area contributed by atoms with Crippen LogP contribution in [-0.2, 0) is 7.05 Å². The number of anilines is 2. The quantitative estimate of drug-likeness (QED) is 0.227. The monoisotopic (exact) mass is 592 g/mol. The molecule has 3 aromatic heterocycles. The summed E-state index contributed by atoms with van der Waals surface area (Å²) in [6, 6.07) is 11.1. The van der Waals surface area contributed by atoms with Crippen molar-refractivity contribution in [2.45, 2.75) is 45.6 Å². The van der Waals surface area contributed by atoms with Crippen LogP contribution in [0.2, 0.25) is 5.15 Å². The molecule has 214 valence electrons. The first-order valence-electron chi connectivity index (χ1n) is 13.5. The minimum atomic E-state index is -0.349. The maximum absolute atomic E-state index is 13.6. The lowest BCUT2D eigenvalue weighted by molar-refractivity contribution is 0.0980. The van der Waals surface area contributed by atoms with Crippen molar-refractivity contribution in [3.8, 4) is 0 Å². The molecule has 0 spiro atoms. The van der Waals surface area contributed by atoms with Gasteiger partial charge >= 0.3 is 0 Å². The molecule has 41 heavy (non-hydrogen) atoms. The maximum Gasteiger partial charge on any atom is 0.281 e. The van der Waals surface area contributed by atoms with Gasteiger partial charge in [0.2, 0.25) is 5.95 Å². The molecule has 1 atom stereocenters. The number of aryl methyl sites for hydroxylation is 2. The zero-order chi connectivity index (χ0) is 29.3. The summed E-state index contributed by atoms with van der Waals surface area (Å²) in [6.07, 6.45) is 3.56. The summed E-state index contributed by atoms with van der Waals surface area (Å²) in [5, 5.41) is 12.8. The molecule has 0 aliphatic carbocycles. The standard InChI is InChI=1S/C29H33ClN8O2S/c1-16-14-20(18(3)31-23-8-9-24(30)32-26(23)27(39)36-41-5)25-21(15-16)28(40)37(4)29(33-25)38-12-10-19(11-13-38)22-7-6-17(2)34-35-22/h6-9,14-15,18-19,31H,10-13H2,1-5H3,(H,36,39). The molecule has 1 aliphatic rings. The third kappa shape index (κ3) is 6.01. The molecular formula is C29H33ClN8O2S. The third-order valence-corrected chi connectivity index (χ3v) is 8.05. The molecule has 5 rings (SSSR count). The zero-order valence-corrected chi connectivity index (χ0v) is 25.3. The minimum Gasteiger partial charge on any atom is -0.377 e. The van der Waals surface area contributed by atoms with E-state index in [0.717, 1.165) is 48.4 Å². The largest absolute Gasteiger partial charge is 0.377 e. The van der Waals surface area contributed by atoms with Gasteiger partial charge in [-0.25, -0.2) is 9.97 Å². The van der Waals surface area contributed by atoms with Crippen LogP contribution in [0.4, 0.5) is 11.6 Å². The van der Waals surface area contributed by atoms with Gasteiger partial charge in [0.1, 0.15) is 5.15 Å². The lowest BCUT2D eigenvalue weighted by atomic mass is 9.93. The number of carbonyl (C=O) groups excluding carboxylic acids is 1. The Morgan fingerprint density at radius 1 is 1.10 bits per heavy atom. The van der Waals surface area contributed by atoms with Crippen LogP contribution in [0.25, 0.3) is 10.9 Å². The Hall–Kier alpha value is -3.70. The van der Waals surface area contributed by atoms with Gasteiger partial charge in [-0.2, -0.15) is 10.2 Å². The number of fused-ring (bicyclic) bond motifs is 1. The molecule has 4 aromatic rings. The van der Waals surface area contributed by atoms with Gasteiger partial charge in [0.25, 0.3) is 11.5 Å². The number of halogens is 1. The number of amides is 1. The molecular weight excluding hydrogens is 560 g/mol. The molecule has 2 N–H and O–H groups in total. The summed E-state index contributed by atoms with van der Waals surface area (Å²) >= 11 is 7.29. The Morgan fingerprint density at radius 3 is 2.54 bits per heavy atom. The van der Waals surface area contributed by atoms with E-state index in [0.29, 0.717) is 28.5 Å². The molecule has 1 unspecified atom stereocenters. The first kappa shape index (κ1) is 28.8. The fourth-order valence-electron chi connectivity index (χ4n) is 5.33.